The van der Waals surface area contributed by atoms with Crippen LogP contribution in [0.4, 0.5) is 0 Å². The summed E-state index contributed by atoms with van der Waals surface area (Å²) in [6, 6.07) is 9.32. The van der Waals surface area contributed by atoms with Crippen LogP contribution in [-0.4, -0.2) is 0 Å². The first-order valence-electron chi connectivity index (χ1n) is 9.45. The number of unbranched alkanes of at least 4 members (excludes halogenated alkanes) is 5. The van der Waals surface area contributed by atoms with E-state index in [1.807, 2.05) is 0 Å². The van der Waals surface area contributed by atoms with Gasteiger partial charge in [0.2, 0.25) is 0 Å². The van der Waals surface area contributed by atoms with Crippen molar-refractivity contribution in [2.24, 2.45) is 0 Å². The predicted octanol–water partition coefficient (Wildman–Crippen LogP) is 7.20. The van der Waals surface area contributed by atoms with Crippen molar-refractivity contribution in [2.75, 3.05) is 0 Å². The molecule has 0 saturated carbocycles. The predicted molar refractivity (Wildman–Crippen MR) is 94.1 cm³/mol. The standard InChI is InChI=1S/C21H34/c1-3-5-6-7-8-9-13-19-17-16-18(12-4-2)20-14-10-11-15-21(19)20/h10-11,14-15,18-19H,3-9,12-13,16-17H2,1-2H3. The molecule has 0 N–H and O–H groups in total. The Labute approximate surface area is 132 Å². The van der Waals surface area contributed by atoms with Gasteiger partial charge in [0.1, 0.15) is 0 Å². The van der Waals surface area contributed by atoms with Crippen molar-refractivity contribution in [2.45, 2.75) is 96.3 Å². The van der Waals surface area contributed by atoms with Gasteiger partial charge in [-0.1, -0.05) is 83.1 Å². The third-order valence-corrected chi connectivity index (χ3v) is 5.28. The summed E-state index contributed by atoms with van der Waals surface area (Å²) in [5.74, 6) is 1.69. The molecular formula is C21H34. The van der Waals surface area contributed by atoms with E-state index >= 15 is 0 Å². The summed E-state index contributed by atoms with van der Waals surface area (Å²) in [7, 11) is 0. The van der Waals surface area contributed by atoms with Crippen LogP contribution in [-0.2, 0) is 0 Å². The molecule has 0 amide bonds. The molecule has 0 radical (unpaired) electrons. The third-order valence-electron chi connectivity index (χ3n) is 5.28. The zero-order chi connectivity index (χ0) is 14.9. The molecule has 0 spiro atoms. The van der Waals surface area contributed by atoms with Crippen molar-refractivity contribution >= 4 is 0 Å². The quantitative estimate of drug-likeness (QED) is 0.421. The van der Waals surface area contributed by atoms with Gasteiger partial charge in [-0.05, 0) is 48.6 Å². The highest BCUT2D eigenvalue weighted by Crippen LogP contribution is 2.42. The van der Waals surface area contributed by atoms with E-state index < -0.39 is 0 Å². The summed E-state index contributed by atoms with van der Waals surface area (Å²) in [5, 5.41) is 0. The summed E-state index contributed by atoms with van der Waals surface area (Å²) < 4.78 is 0. The van der Waals surface area contributed by atoms with E-state index in [0.717, 1.165) is 11.8 Å². The van der Waals surface area contributed by atoms with Gasteiger partial charge in [-0.2, -0.15) is 0 Å². The molecular weight excluding hydrogens is 252 g/mol. The Morgan fingerprint density at radius 1 is 0.714 bits per heavy atom. The fourth-order valence-electron chi connectivity index (χ4n) is 4.09. The van der Waals surface area contributed by atoms with E-state index in [1.165, 1.54) is 70.6 Å². The second kappa shape index (κ2) is 9.28. The molecule has 2 atom stereocenters. The Hall–Kier alpha value is -0.780. The van der Waals surface area contributed by atoms with Gasteiger partial charge in [0.25, 0.3) is 0 Å². The molecule has 1 aliphatic rings. The summed E-state index contributed by atoms with van der Waals surface area (Å²) in [5.41, 5.74) is 3.37. The summed E-state index contributed by atoms with van der Waals surface area (Å²) in [4.78, 5) is 0. The van der Waals surface area contributed by atoms with E-state index in [9.17, 15) is 0 Å². The number of fused-ring (bicyclic) bond motifs is 1. The van der Waals surface area contributed by atoms with Gasteiger partial charge >= 0.3 is 0 Å². The minimum Gasteiger partial charge on any atom is -0.0654 e. The first-order valence-corrected chi connectivity index (χ1v) is 9.45. The van der Waals surface area contributed by atoms with E-state index in [4.69, 9.17) is 0 Å². The lowest BCUT2D eigenvalue weighted by Crippen LogP contribution is -2.14. The van der Waals surface area contributed by atoms with Crippen molar-refractivity contribution < 1.29 is 0 Å². The van der Waals surface area contributed by atoms with Crippen molar-refractivity contribution in [1.82, 2.24) is 0 Å². The maximum atomic E-state index is 2.42. The fourth-order valence-corrected chi connectivity index (χ4v) is 4.09. The van der Waals surface area contributed by atoms with E-state index in [0.29, 0.717) is 0 Å². The van der Waals surface area contributed by atoms with Gasteiger partial charge in [-0.25, -0.2) is 0 Å². The van der Waals surface area contributed by atoms with Crippen LogP contribution in [0.15, 0.2) is 24.3 Å². The van der Waals surface area contributed by atoms with Crippen LogP contribution in [0.3, 0.4) is 0 Å². The van der Waals surface area contributed by atoms with Gasteiger partial charge in [0.15, 0.2) is 0 Å². The molecule has 1 aliphatic carbocycles. The highest BCUT2D eigenvalue weighted by Gasteiger charge is 2.25. The molecule has 0 aromatic heterocycles. The largest absolute Gasteiger partial charge is 0.0654 e. The Morgan fingerprint density at radius 2 is 1.29 bits per heavy atom. The number of hydrogen-bond acceptors (Lipinski definition) is 0. The van der Waals surface area contributed by atoms with Crippen LogP contribution in [0.2, 0.25) is 0 Å². The normalized spacial score (nSPS) is 21.2. The van der Waals surface area contributed by atoms with Crippen LogP contribution >= 0.6 is 0 Å². The number of benzene rings is 1. The molecule has 0 fully saturated rings. The van der Waals surface area contributed by atoms with Crippen molar-refractivity contribution in [3.8, 4) is 0 Å². The van der Waals surface area contributed by atoms with Gasteiger partial charge in [-0.15, -0.1) is 0 Å². The van der Waals surface area contributed by atoms with Gasteiger partial charge < -0.3 is 0 Å². The molecule has 1 aromatic rings. The monoisotopic (exact) mass is 286 g/mol. The Balaban J connectivity index is 1.85. The molecule has 2 rings (SSSR count). The van der Waals surface area contributed by atoms with Crippen molar-refractivity contribution in [1.29, 1.82) is 0 Å². The van der Waals surface area contributed by atoms with E-state index in [1.54, 1.807) is 11.1 Å². The molecule has 0 aliphatic heterocycles. The Bertz CT molecular complexity index is 393. The van der Waals surface area contributed by atoms with Crippen LogP contribution in [0.1, 0.15) is 107 Å². The summed E-state index contributed by atoms with van der Waals surface area (Å²) in [6.45, 7) is 4.62. The molecule has 2 unspecified atom stereocenters. The maximum absolute atomic E-state index is 2.42. The van der Waals surface area contributed by atoms with Crippen LogP contribution in [0, 0.1) is 0 Å². The molecule has 21 heavy (non-hydrogen) atoms. The zero-order valence-electron chi connectivity index (χ0n) is 14.2. The molecule has 0 heteroatoms. The van der Waals surface area contributed by atoms with Crippen molar-refractivity contribution in [3.05, 3.63) is 35.4 Å². The lowest BCUT2D eigenvalue weighted by atomic mass is 9.73. The highest BCUT2D eigenvalue weighted by atomic mass is 14.3. The number of rotatable bonds is 9. The molecule has 1 aromatic carbocycles. The number of hydrogen-bond donors (Lipinski definition) is 0. The van der Waals surface area contributed by atoms with Crippen LogP contribution in [0.25, 0.3) is 0 Å². The van der Waals surface area contributed by atoms with Crippen LogP contribution in [0.5, 0.6) is 0 Å². The Morgan fingerprint density at radius 3 is 1.90 bits per heavy atom. The van der Waals surface area contributed by atoms with Gasteiger partial charge in [-0.3, -0.25) is 0 Å². The summed E-state index contributed by atoms with van der Waals surface area (Å²) >= 11 is 0. The lowest BCUT2D eigenvalue weighted by Gasteiger charge is -2.31. The fraction of sp³-hybridized carbons (Fsp3) is 0.714. The van der Waals surface area contributed by atoms with Gasteiger partial charge in [0.05, 0.1) is 0 Å². The van der Waals surface area contributed by atoms with Gasteiger partial charge in [0, 0.05) is 0 Å². The lowest BCUT2D eigenvalue weighted by molar-refractivity contribution is 0.429. The second-order valence-corrected chi connectivity index (χ2v) is 6.95. The SMILES string of the molecule is CCCCCCCCC1CCC(CCC)c2ccccc21. The minimum atomic E-state index is 0.840. The minimum absolute atomic E-state index is 0.840. The topological polar surface area (TPSA) is 0 Å². The van der Waals surface area contributed by atoms with Crippen molar-refractivity contribution in [3.63, 3.8) is 0 Å². The van der Waals surface area contributed by atoms with E-state index in [-0.39, 0.29) is 0 Å². The smallest absolute Gasteiger partial charge is 0.0159 e. The van der Waals surface area contributed by atoms with Crippen LogP contribution < -0.4 is 0 Å². The third kappa shape index (κ3) is 4.87. The molecule has 0 nitrogen and oxygen atoms in total. The highest BCUT2D eigenvalue weighted by molar-refractivity contribution is 5.35. The molecule has 0 heterocycles. The zero-order valence-corrected chi connectivity index (χ0v) is 14.2. The van der Waals surface area contributed by atoms with E-state index in [2.05, 4.69) is 38.1 Å². The molecule has 0 saturated heterocycles. The molecule has 0 bridgehead atoms. The average molecular weight is 287 g/mol. The average Bonchev–Trinajstić information content (AvgIpc) is 2.52. The summed E-state index contributed by atoms with van der Waals surface area (Å²) in [6.07, 6.45) is 15.5. The molecule has 118 valence electrons. The first-order chi connectivity index (χ1) is 10.4. The Kier molecular flexibility index (Phi) is 7.33. The maximum Gasteiger partial charge on any atom is -0.0159 e. The second-order valence-electron chi connectivity index (χ2n) is 6.95. The first kappa shape index (κ1) is 16.6.